The van der Waals surface area contributed by atoms with E-state index in [9.17, 15) is 0 Å². The van der Waals surface area contributed by atoms with Crippen molar-refractivity contribution in [3.63, 3.8) is 0 Å². The lowest BCUT2D eigenvalue weighted by molar-refractivity contribution is 0.315. The highest BCUT2D eigenvalue weighted by Gasteiger charge is 2.06. The Hall–Kier alpha value is -1.09. The van der Waals surface area contributed by atoms with Crippen molar-refractivity contribution in [1.82, 2.24) is 10.3 Å². The van der Waals surface area contributed by atoms with Crippen LogP contribution in [-0.2, 0) is 0 Å². The third-order valence-corrected chi connectivity index (χ3v) is 2.60. The van der Waals surface area contributed by atoms with Crippen molar-refractivity contribution >= 4 is 0 Å². The maximum atomic E-state index is 5.57. The number of ether oxygens (including phenoxy) is 1. The van der Waals surface area contributed by atoms with Crippen LogP contribution in [-0.4, -0.2) is 25.2 Å². The quantitative estimate of drug-likeness (QED) is 0.770. The Balaban J connectivity index is 2.58. The van der Waals surface area contributed by atoms with Crippen molar-refractivity contribution in [1.29, 1.82) is 0 Å². The smallest absolute Gasteiger partial charge is 0.137 e. The molecule has 0 saturated carbocycles. The Labute approximate surface area is 98.2 Å². The maximum Gasteiger partial charge on any atom is 0.137 e. The average Bonchev–Trinajstić information content (AvgIpc) is 2.33. The predicted octanol–water partition coefficient (Wildman–Crippen LogP) is 2.58. The minimum atomic E-state index is 0.519. The first-order chi connectivity index (χ1) is 7.77. The second-order valence-electron chi connectivity index (χ2n) is 4.10. The van der Waals surface area contributed by atoms with Crippen molar-refractivity contribution in [2.45, 2.75) is 32.6 Å². The van der Waals surface area contributed by atoms with Crippen LogP contribution in [0.15, 0.2) is 18.5 Å². The summed E-state index contributed by atoms with van der Waals surface area (Å²) in [5, 5.41) is 3.17. The van der Waals surface area contributed by atoms with Gasteiger partial charge in [0.2, 0.25) is 0 Å². The van der Waals surface area contributed by atoms with Gasteiger partial charge in [-0.25, -0.2) is 0 Å². The maximum absolute atomic E-state index is 5.57. The van der Waals surface area contributed by atoms with Gasteiger partial charge in [0.05, 0.1) is 12.8 Å². The normalized spacial score (nSPS) is 12.4. The summed E-state index contributed by atoms with van der Waals surface area (Å²) in [4.78, 5) is 4.22. The summed E-state index contributed by atoms with van der Waals surface area (Å²) in [5.41, 5.74) is 1.25. The zero-order valence-electron chi connectivity index (χ0n) is 10.5. The molecule has 0 aliphatic rings. The van der Waals surface area contributed by atoms with E-state index in [0.29, 0.717) is 5.92 Å². The highest BCUT2D eigenvalue weighted by Crippen LogP contribution is 2.21. The molecule has 0 bridgehead atoms. The van der Waals surface area contributed by atoms with Crippen LogP contribution in [0.3, 0.4) is 0 Å². The van der Waals surface area contributed by atoms with Crippen LogP contribution >= 0.6 is 0 Å². The molecule has 16 heavy (non-hydrogen) atoms. The number of nitrogens with one attached hydrogen (secondary N) is 1. The number of pyridine rings is 1. The largest absolute Gasteiger partial charge is 0.492 e. The molecule has 1 aromatic heterocycles. The fraction of sp³-hybridized carbons (Fsp3) is 0.615. The van der Waals surface area contributed by atoms with E-state index in [1.165, 1.54) is 5.56 Å². The molecule has 1 aromatic rings. The van der Waals surface area contributed by atoms with Gasteiger partial charge in [-0.1, -0.05) is 13.8 Å². The van der Waals surface area contributed by atoms with Gasteiger partial charge in [-0.05, 0) is 44.0 Å². The molecule has 0 aromatic carbocycles. The molecule has 1 N–H and O–H groups in total. The Morgan fingerprint density at radius 3 is 2.94 bits per heavy atom. The van der Waals surface area contributed by atoms with Crippen LogP contribution < -0.4 is 10.1 Å². The van der Waals surface area contributed by atoms with Gasteiger partial charge in [-0.2, -0.15) is 0 Å². The molecule has 1 rings (SSSR count). The molecule has 0 radical (unpaired) electrons. The van der Waals surface area contributed by atoms with E-state index in [0.717, 1.165) is 31.7 Å². The lowest BCUT2D eigenvalue weighted by Gasteiger charge is -2.12. The fourth-order valence-electron chi connectivity index (χ4n) is 1.53. The van der Waals surface area contributed by atoms with Crippen molar-refractivity contribution in [2.75, 3.05) is 20.2 Å². The average molecular weight is 222 g/mol. The predicted molar refractivity (Wildman–Crippen MR) is 67.0 cm³/mol. The molecule has 0 fully saturated rings. The Bertz CT molecular complexity index is 302. The Morgan fingerprint density at radius 1 is 1.44 bits per heavy atom. The summed E-state index contributed by atoms with van der Waals surface area (Å²) in [6.07, 6.45) is 5.86. The fourth-order valence-corrected chi connectivity index (χ4v) is 1.53. The van der Waals surface area contributed by atoms with Crippen LogP contribution in [0.1, 0.15) is 38.2 Å². The zero-order chi connectivity index (χ0) is 11.8. The molecule has 3 heteroatoms. The zero-order valence-corrected chi connectivity index (χ0v) is 10.5. The van der Waals surface area contributed by atoms with E-state index >= 15 is 0 Å². The molecule has 3 nitrogen and oxygen atoms in total. The van der Waals surface area contributed by atoms with E-state index in [1.807, 2.05) is 13.2 Å². The molecular weight excluding hydrogens is 200 g/mol. The number of hydrogen-bond donors (Lipinski definition) is 1. The number of aromatic nitrogens is 1. The molecule has 1 heterocycles. The van der Waals surface area contributed by atoms with E-state index < -0.39 is 0 Å². The highest BCUT2D eigenvalue weighted by molar-refractivity contribution is 5.25. The summed E-state index contributed by atoms with van der Waals surface area (Å²) in [6.45, 7) is 6.11. The number of hydrogen-bond acceptors (Lipinski definition) is 3. The molecule has 0 aliphatic carbocycles. The van der Waals surface area contributed by atoms with E-state index in [-0.39, 0.29) is 0 Å². The molecule has 1 atom stereocenters. The molecule has 0 saturated heterocycles. The summed E-state index contributed by atoms with van der Waals surface area (Å²) in [6, 6.07) is 2.10. The summed E-state index contributed by atoms with van der Waals surface area (Å²) < 4.78 is 5.57. The standard InChI is InChI=1S/C13H22N2O/c1-4-7-16-13-8-12(9-15-10-13)11(2)5-6-14-3/h8-11,14H,4-7H2,1-3H3. The lowest BCUT2D eigenvalue weighted by Crippen LogP contribution is -2.10. The van der Waals surface area contributed by atoms with Crippen LogP contribution in [0.2, 0.25) is 0 Å². The molecule has 1 unspecified atom stereocenters. The van der Waals surface area contributed by atoms with Gasteiger partial charge in [0.15, 0.2) is 0 Å². The van der Waals surface area contributed by atoms with Gasteiger partial charge in [-0.3, -0.25) is 4.98 Å². The first kappa shape index (κ1) is 13.0. The van der Waals surface area contributed by atoms with Crippen LogP contribution in [0.25, 0.3) is 0 Å². The third-order valence-electron chi connectivity index (χ3n) is 2.60. The molecule has 0 amide bonds. The monoisotopic (exact) mass is 222 g/mol. The number of nitrogens with zero attached hydrogens (tertiary/aromatic N) is 1. The van der Waals surface area contributed by atoms with Gasteiger partial charge < -0.3 is 10.1 Å². The van der Waals surface area contributed by atoms with Gasteiger partial charge in [-0.15, -0.1) is 0 Å². The van der Waals surface area contributed by atoms with E-state index in [2.05, 4.69) is 30.2 Å². The van der Waals surface area contributed by atoms with Gasteiger partial charge in [0.25, 0.3) is 0 Å². The van der Waals surface area contributed by atoms with Gasteiger partial charge in [0.1, 0.15) is 5.75 Å². The van der Waals surface area contributed by atoms with Crippen LogP contribution in [0.5, 0.6) is 5.75 Å². The topological polar surface area (TPSA) is 34.1 Å². The van der Waals surface area contributed by atoms with Crippen LogP contribution in [0.4, 0.5) is 0 Å². The van der Waals surface area contributed by atoms with Gasteiger partial charge >= 0.3 is 0 Å². The Kier molecular flexibility index (Phi) is 5.86. The summed E-state index contributed by atoms with van der Waals surface area (Å²) in [7, 11) is 1.98. The second kappa shape index (κ2) is 7.23. The van der Waals surface area contributed by atoms with E-state index in [1.54, 1.807) is 6.20 Å². The van der Waals surface area contributed by atoms with Crippen molar-refractivity contribution < 1.29 is 4.74 Å². The molecule has 0 aliphatic heterocycles. The molecule has 0 spiro atoms. The SMILES string of the molecule is CCCOc1cncc(C(C)CCNC)c1. The van der Waals surface area contributed by atoms with Gasteiger partial charge in [0, 0.05) is 6.20 Å². The molecule has 90 valence electrons. The van der Waals surface area contributed by atoms with E-state index in [4.69, 9.17) is 4.74 Å². The second-order valence-corrected chi connectivity index (χ2v) is 4.10. The van der Waals surface area contributed by atoms with Crippen molar-refractivity contribution in [3.05, 3.63) is 24.0 Å². The Morgan fingerprint density at radius 2 is 2.25 bits per heavy atom. The minimum absolute atomic E-state index is 0.519. The van der Waals surface area contributed by atoms with Crippen molar-refractivity contribution in [3.8, 4) is 5.75 Å². The third kappa shape index (κ3) is 4.19. The highest BCUT2D eigenvalue weighted by atomic mass is 16.5. The summed E-state index contributed by atoms with van der Waals surface area (Å²) in [5.74, 6) is 1.40. The minimum Gasteiger partial charge on any atom is -0.492 e. The first-order valence-corrected chi connectivity index (χ1v) is 6.00. The summed E-state index contributed by atoms with van der Waals surface area (Å²) >= 11 is 0. The lowest BCUT2D eigenvalue weighted by atomic mass is 9.99. The number of rotatable bonds is 7. The molecular formula is C13H22N2O. The van der Waals surface area contributed by atoms with Crippen molar-refractivity contribution in [2.24, 2.45) is 0 Å². The first-order valence-electron chi connectivity index (χ1n) is 6.00. The van der Waals surface area contributed by atoms with Crippen LogP contribution in [0, 0.1) is 0 Å².